The van der Waals surface area contributed by atoms with E-state index in [2.05, 4.69) is 15.5 Å². The van der Waals surface area contributed by atoms with Crippen molar-refractivity contribution in [2.75, 3.05) is 6.54 Å². The predicted octanol–water partition coefficient (Wildman–Crippen LogP) is 2.08. The summed E-state index contributed by atoms with van der Waals surface area (Å²) in [5, 5.41) is 11.2. The lowest BCUT2D eigenvalue weighted by Gasteiger charge is -2.07. The Labute approximate surface area is 140 Å². The van der Waals surface area contributed by atoms with E-state index in [1.54, 1.807) is 12.3 Å². The largest absolute Gasteiger partial charge is 0.337 e. The van der Waals surface area contributed by atoms with Crippen molar-refractivity contribution in [3.05, 3.63) is 39.4 Å². The molecule has 0 unspecified atom stereocenters. The Morgan fingerprint density at radius 3 is 2.68 bits per heavy atom. The summed E-state index contributed by atoms with van der Waals surface area (Å²) >= 11 is 12.3. The van der Waals surface area contributed by atoms with Gasteiger partial charge in [-0.2, -0.15) is 10.2 Å². The van der Waals surface area contributed by atoms with Gasteiger partial charge in [-0.05, 0) is 18.1 Å². The summed E-state index contributed by atoms with van der Waals surface area (Å²) in [6.45, 7) is 0.242. The monoisotopic (exact) mass is 380 g/mol. The van der Waals surface area contributed by atoms with E-state index in [9.17, 15) is 13.2 Å². The van der Waals surface area contributed by atoms with Gasteiger partial charge in [0.05, 0.1) is 16.2 Å². The van der Waals surface area contributed by atoms with Crippen LogP contribution in [-0.2, 0) is 16.4 Å². The fourth-order valence-corrected chi connectivity index (χ4v) is 4.45. The third kappa shape index (κ3) is 4.29. The number of sulfonamides is 1. The Bertz CT molecular complexity index is 765. The topological polar surface area (TPSA) is 101 Å². The van der Waals surface area contributed by atoms with Gasteiger partial charge in [-0.25, -0.2) is 17.9 Å². The highest BCUT2D eigenvalue weighted by Crippen LogP contribution is 2.34. The van der Waals surface area contributed by atoms with Crippen LogP contribution in [0.1, 0.15) is 5.56 Å². The summed E-state index contributed by atoms with van der Waals surface area (Å²) in [6, 6.07) is 0.902. The number of nitrogens with zero attached hydrogens (tertiary/aromatic N) is 2. The third-order valence-corrected chi connectivity index (χ3v) is 6.48. The molecule has 2 N–H and O–H groups in total. The number of thiophene rings is 1. The van der Waals surface area contributed by atoms with Crippen molar-refractivity contribution in [3.63, 3.8) is 0 Å². The molecule has 22 heavy (non-hydrogen) atoms. The van der Waals surface area contributed by atoms with Crippen molar-refractivity contribution >= 4 is 50.6 Å². The Morgan fingerprint density at radius 2 is 2.09 bits per heavy atom. The van der Waals surface area contributed by atoms with Crippen molar-refractivity contribution in [2.24, 2.45) is 0 Å². The Kier molecular flexibility index (Phi) is 5.57. The molecule has 0 aromatic carbocycles. The van der Waals surface area contributed by atoms with Crippen molar-refractivity contribution in [1.29, 1.82) is 0 Å². The molecule has 0 saturated carbocycles. The Balaban J connectivity index is 1.90. The molecule has 2 amide bonds. The smallest absolute Gasteiger partial charge is 0.328 e. The first-order chi connectivity index (χ1) is 10.4. The molecule has 0 saturated heterocycles. The van der Waals surface area contributed by atoms with Crippen molar-refractivity contribution in [1.82, 2.24) is 20.2 Å². The summed E-state index contributed by atoms with van der Waals surface area (Å²) in [5.74, 6) is 0. The number of amides is 2. The van der Waals surface area contributed by atoms with Crippen LogP contribution in [0.4, 0.5) is 4.79 Å². The number of urea groups is 1. The number of rotatable bonds is 5. The lowest BCUT2D eigenvalue weighted by molar-refractivity contribution is 0.246. The van der Waals surface area contributed by atoms with Gasteiger partial charge in [-0.3, -0.25) is 0 Å². The molecular weight excluding hydrogens is 371 g/mol. The molecule has 0 aliphatic rings. The van der Waals surface area contributed by atoms with Gasteiger partial charge in [0, 0.05) is 18.1 Å². The van der Waals surface area contributed by atoms with E-state index < -0.39 is 16.1 Å². The number of hydrogen-bond acceptors (Lipinski definition) is 6. The van der Waals surface area contributed by atoms with Crippen LogP contribution < -0.4 is 10.0 Å². The maximum atomic E-state index is 12.0. The molecule has 2 rings (SSSR count). The second-order valence-electron chi connectivity index (χ2n) is 4.05. The van der Waals surface area contributed by atoms with Gasteiger partial charge >= 0.3 is 6.03 Å². The first kappa shape index (κ1) is 16.9. The number of carbonyl (C=O) groups is 1. The highest BCUT2D eigenvalue weighted by Gasteiger charge is 2.24. The molecule has 0 fully saturated rings. The van der Waals surface area contributed by atoms with Crippen LogP contribution in [0, 0.1) is 0 Å². The van der Waals surface area contributed by atoms with Gasteiger partial charge in [0.25, 0.3) is 10.0 Å². The summed E-state index contributed by atoms with van der Waals surface area (Å²) in [5.41, 5.74) is 0.867. The highest BCUT2D eigenvalue weighted by molar-refractivity contribution is 7.92. The minimum absolute atomic E-state index is 0.102. The number of hydrogen-bond donors (Lipinski definition) is 2. The van der Waals surface area contributed by atoms with Crippen molar-refractivity contribution < 1.29 is 13.2 Å². The summed E-state index contributed by atoms with van der Waals surface area (Å²) in [4.78, 5) is 11.6. The molecule has 0 radical (unpaired) electrons. The maximum Gasteiger partial charge on any atom is 0.328 e. The predicted molar refractivity (Wildman–Crippen MR) is 83.8 cm³/mol. The second kappa shape index (κ2) is 7.23. The summed E-state index contributed by atoms with van der Waals surface area (Å²) in [6.07, 6.45) is 3.58. The average molecular weight is 381 g/mol. The van der Waals surface area contributed by atoms with Gasteiger partial charge in [0.15, 0.2) is 4.21 Å². The fraction of sp³-hybridized carbons (Fsp3) is 0.182. The Hall–Kier alpha value is -1.42. The van der Waals surface area contributed by atoms with Gasteiger partial charge < -0.3 is 5.32 Å². The molecule has 7 nitrogen and oxygen atoms in total. The SMILES string of the molecule is O=C(NCCc1ccnnc1)NS(=O)(=O)c1scc(Cl)c1Cl. The number of nitrogens with one attached hydrogen (secondary N) is 2. The number of aromatic nitrogens is 2. The Morgan fingerprint density at radius 1 is 1.32 bits per heavy atom. The lowest BCUT2D eigenvalue weighted by Crippen LogP contribution is -2.40. The molecule has 0 aliphatic heterocycles. The second-order valence-corrected chi connectivity index (χ2v) is 7.59. The van der Waals surface area contributed by atoms with Crippen LogP contribution in [-0.4, -0.2) is 31.2 Å². The molecule has 0 spiro atoms. The van der Waals surface area contributed by atoms with Crippen LogP contribution in [0.5, 0.6) is 0 Å². The van der Waals surface area contributed by atoms with E-state index in [0.717, 1.165) is 16.9 Å². The van der Waals surface area contributed by atoms with Crippen LogP contribution in [0.3, 0.4) is 0 Å². The van der Waals surface area contributed by atoms with Gasteiger partial charge in [0.2, 0.25) is 0 Å². The third-order valence-electron chi connectivity index (χ3n) is 2.47. The van der Waals surface area contributed by atoms with E-state index in [1.807, 2.05) is 4.72 Å². The van der Waals surface area contributed by atoms with E-state index >= 15 is 0 Å². The number of carbonyl (C=O) groups excluding carboxylic acids is 1. The van der Waals surface area contributed by atoms with Crippen LogP contribution in [0.2, 0.25) is 10.0 Å². The van der Waals surface area contributed by atoms with Crippen LogP contribution >= 0.6 is 34.5 Å². The molecule has 2 heterocycles. The van der Waals surface area contributed by atoms with E-state index in [1.165, 1.54) is 11.6 Å². The van der Waals surface area contributed by atoms with Crippen LogP contribution in [0.15, 0.2) is 28.0 Å². The molecule has 118 valence electrons. The molecule has 2 aromatic rings. The first-order valence-corrected chi connectivity index (χ1v) is 9.01. The average Bonchev–Trinajstić information content (AvgIpc) is 2.80. The normalized spacial score (nSPS) is 11.2. The summed E-state index contributed by atoms with van der Waals surface area (Å²) < 4.78 is 25.6. The fourth-order valence-electron chi connectivity index (χ4n) is 1.48. The van der Waals surface area contributed by atoms with Gasteiger partial charge in [0.1, 0.15) is 0 Å². The maximum absolute atomic E-state index is 12.0. The molecule has 0 aliphatic carbocycles. The molecule has 0 atom stereocenters. The lowest BCUT2D eigenvalue weighted by atomic mass is 10.2. The van der Waals surface area contributed by atoms with Crippen molar-refractivity contribution in [2.45, 2.75) is 10.6 Å². The molecule has 2 aromatic heterocycles. The van der Waals surface area contributed by atoms with Gasteiger partial charge in [-0.1, -0.05) is 23.2 Å². The first-order valence-electron chi connectivity index (χ1n) is 5.89. The molecule has 0 bridgehead atoms. The standard InChI is InChI=1S/C11H10Cl2N4O3S2/c12-8-6-21-10(9(8)13)22(19,20)17-11(18)14-3-1-7-2-4-15-16-5-7/h2,4-6H,1,3H2,(H2,14,17,18). The quantitative estimate of drug-likeness (QED) is 0.826. The van der Waals surface area contributed by atoms with E-state index in [-0.39, 0.29) is 20.8 Å². The zero-order valence-electron chi connectivity index (χ0n) is 10.9. The molecular formula is C11H10Cl2N4O3S2. The van der Waals surface area contributed by atoms with Crippen molar-refractivity contribution in [3.8, 4) is 0 Å². The highest BCUT2D eigenvalue weighted by atomic mass is 35.5. The van der Waals surface area contributed by atoms with E-state index in [4.69, 9.17) is 23.2 Å². The zero-order valence-corrected chi connectivity index (χ0v) is 14.1. The molecule has 11 heteroatoms. The van der Waals surface area contributed by atoms with E-state index in [0.29, 0.717) is 6.42 Å². The number of halogens is 2. The van der Waals surface area contributed by atoms with Crippen LogP contribution in [0.25, 0.3) is 0 Å². The summed E-state index contributed by atoms with van der Waals surface area (Å²) in [7, 11) is -4.05. The zero-order chi connectivity index (χ0) is 16.2. The minimum Gasteiger partial charge on any atom is -0.337 e. The minimum atomic E-state index is -4.05. The van der Waals surface area contributed by atoms with Gasteiger partial charge in [-0.15, -0.1) is 11.3 Å².